The summed E-state index contributed by atoms with van der Waals surface area (Å²) in [6.45, 7) is 2.16. The number of allylic oxidation sites excluding steroid dienone is 6. The number of hydrogen-bond donors (Lipinski definition) is 0. The molecule has 0 unspecified atom stereocenters. The second-order valence-electron chi connectivity index (χ2n) is 9.59. The zero-order chi connectivity index (χ0) is 27.3. The Morgan fingerprint density at radius 2 is 1.38 bits per heavy atom. The van der Waals surface area contributed by atoms with Crippen LogP contribution in [0.2, 0.25) is 0 Å². The fraction of sp³-hybridized carbons (Fsp3) is 0.485. The molecule has 1 aliphatic carbocycles. The number of carbonyl (C=O) groups excluding carboxylic acids is 2. The second kappa shape index (κ2) is 22.2. The first-order chi connectivity index (χ1) is 18.6. The van der Waals surface area contributed by atoms with Crippen LogP contribution >= 0.6 is 0 Å². The molecule has 0 amide bonds. The average molecular weight is 577 g/mol. The van der Waals surface area contributed by atoms with Crippen molar-refractivity contribution in [3.05, 3.63) is 89.6 Å². The van der Waals surface area contributed by atoms with Gasteiger partial charge in [-0.15, -0.1) is 5.76 Å². The number of rotatable bonds is 18. The Labute approximate surface area is 245 Å². The molecule has 0 fully saturated rings. The number of esters is 1. The molecule has 0 spiro atoms. The molecule has 0 saturated heterocycles. The monoisotopic (exact) mass is 576 g/mol. The Bertz CT molecular complexity index is 966. The molecule has 5 nitrogen and oxygen atoms in total. The molecule has 39 heavy (non-hydrogen) atoms. The summed E-state index contributed by atoms with van der Waals surface area (Å²) in [5.74, 6) is 1.10. The van der Waals surface area contributed by atoms with E-state index in [1.807, 2.05) is 54.6 Å². The third kappa shape index (κ3) is 16.1. The number of unbranched alkanes of at least 4 members (excludes halogenated alkanes) is 9. The minimum atomic E-state index is -0.247. The molecule has 1 heterocycles. The molecule has 0 aliphatic heterocycles. The summed E-state index contributed by atoms with van der Waals surface area (Å²) in [7, 11) is 0. The van der Waals surface area contributed by atoms with Crippen molar-refractivity contribution < 1.29 is 40.9 Å². The van der Waals surface area contributed by atoms with Gasteiger partial charge in [-0.25, -0.2) is 12.1 Å². The number of ketones is 1. The normalized spacial score (nSPS) is 11.6. The van der Waals surface area contributed by atoms with Crippen LogP contribution in [-0.2, 0) is 33.0 Å². The molecule has 0 bridgehead atoms. The first-order valence-electron chi connectivity index (χ1n) is 14.3. The van der Waals surface area contributed by atoms with E-state index in [0.717, 1.165) is 37.7 Å². The Hall–Kier alpha value is -2.69. The van der Waals surface area contributed by atoms with E-state index in [1.165, 1.54) is 32.1 Å². The van der Waals surface area contributed by atoms with Crippen LogP contribution in [0, 0.1) is 0 Å². The summed E-state index contributed by atoms with van der Waals surface area (Å²) in [4.78, 5) is 23.7. The predicted octanol–water partition coefficient (Wildman–Crippen LogP) is 7.78. The molecule has 0 radical (unpaired) electrons. The second-order valence-corrected chi connectivity index (χ2v) is 9.59. The minimum absolute atomic E-state index is 0. The molecular formula is C33H44FeO5. The quantitative estimate of drug-likeness (QED) is 0.0452. The molecule has 1 aliphatic rings. The van der Waals surface area contributed by atoms with Crippen molar-refractivity contribution in [3.63, 3.8) is 0 Å². The van der Waals surface area contributed by atoms with Gasteiger partial charge in [0.05, 0.1) is 13.0 Å². The van der Waals surface area contributed by atoms with Crippen molar-refractivity contribution in [1.29, 1.82) is 0 Å². The number of Topliss-reactive ketones (excluding diaryl/α,β-unsaturated/α-hetero) is 1. The van der Waals surface area contributed by atoms with Gasteiger partial charge in [0.2, 0.25) is 0 Å². The minimum Gasteiger partial charge on any atom is -0.875 e. The first kappa shape index (κ1) is 34.3. The van der Waals surface area contributed by atoms with E-state index in [1.54, 1.807) is 19.1 Å². The molecule has 214 valence electrons. The number of hydrogen-bond acceptors (Lipinski definition) is 5. The van der Waals surface area contributed by atoms with Crippen molar-refractivity contribution >= 4 is 11.8 Å². The Balaban J connectivity index is 0.00000113. The zero-order valence-corrected chi connectivity index (χ0v) is 24.5. The van der Waals surface area contributed by atoms with Crippen molar-refractivity contribution in [2.75, 3.05) is 6.61 Å². The summed E-state index contributed by atoms with van der Waals surface area (Å²) >= 11 is 0. The Morgan fingerprint density at radius 3 is 1.92 bits per heavy atom. The maximum atomic E-state index is 12.3. The molecule has 2 aromatic rings. The molecule has 0 atom stereocenters. The largest absolute Gasteiger partial charge is 2.00 e. The summed E-state index contributed by atoms with van der Waals surface area (Å²) in [5, 5.41) is 11.9. The van der Waals surface area contributed by atoms with E-state index in [0.29, 0.717) is 37.4 Å². The van der Waals surface area contributed by atoms with E-state index in [-0.39, 0.29) is 41.0 Å². The van der Waals surface area contributed by atoms with Crippen molar-refractivity contribution in [2.45, 2.75) is 96.8 Å². The molecule has 1 aromatic carbocycles. The summed E-state index contributed by atoms with van der Waals surface area (Å²) in [5.41, 5.74) is 0.844. The maximum absolute atomic E-state index is 12.3. The number of ether oxygens (including phenoxy) is 1. The van der Waals surface area contributed by atoms with Crippen LogP contribution in [0.25, 0.3) is 0 Å². The van der Waals surface area contributed by atoms with Crippen LogP contribution < -0.4 is 5.11 Å². The summed E-state index contributed by atoms with van der Waals surface area (Å²) < 4.78 is 10.5. The van der Waals surface area contributed by atoms with Gasteiger partial charge in [-0.1, -0.05) is 82.1 Å². The fourth-order valence-corrected chi connectivity index (χ4v) is 4.25. The zero-order valence-electron chi connectivity index (χ0n) is 23.4. The van der Waals surface area contributed by atoms with Gasteiger partial charge < -0.3 is 14.3 Å². The smallest absolute Gasteiger partial charge is 0.875 e. The fourth-order valence-electron chi connectivity index (χ4n) is 4.25. The van der Waals surface area contributed by atoms with Crippen LogP contribution in [-0.4, -0.2) is 18.4 Å². The van der Waals surface area contributed by atoms with Gasteiger partial charge in [-0.05, 0) is 37.5 Å². The van der Waals surface area contributed by atoms with Crippen molar-refractivity contribution in [2.24, 2.45) is 0 Å². The predicted molar refractivity (Wildman–Crippen MR) is 151 cm³/mol. The van der Waals surface area contributed by atoms with Gasteiger partial charge in [-0.3, -0.25) is 9.59 Å². The molecule has 1 aromatic heterocycles. The van der Waals surface area contributed by atoms with Crippen molar-refractivity contribution in [1.82, 2.24) is 0 Å². The van der Waals surface area contributed by atoms with Crippen molar-refractivity contribution in [3.8, 4) is 0 Å². The van der Waals surface area contributed by atoms with E-state index >= 15 is 0 Å². The van der Waals surface area contributed by atoms with E-state index < -0.39 is 0 Å². The number of aryl methyl sites for hydroxylation is 1. The molecule has 3 rings (SSSR count). The average Bonchev–Trinajstić information content (AvgIpc) is 3.72. The van der Waals surface area contributed by atoms with E-state index in [4.69, 9.17) is 9.15 Å². The number of furan rings is 1. The molecule has 0 saturated carbocycles. The van der Waals surface area contributed by atoms with E-state index in [9.17, 15) is 14.7 Å². The molecular weight excluding hydrogens is 532 g/mol. The number of carbonyl (C=O) groups is 2. The van der Waals surface area contributed by atoms with Gasteiger partial charge in [0.1, 0.15) is 5.76 Å². The third-order valence-electron chi connectivity index (χ3n) is 6.42. The van der Waals surface area contributed by atoms with Gasteiger partial charge in [0.25, 0.3) is 0 Å². The molecule has 6 heteroatoms. The van der Waals surface area contributed by atoms with Gasteiger partial charge in [0.15, 0.2) is 11.5 Å². The van der Waals surface area contributed by atoms with Crippen LogP contribution in [0.3, 0.4) is 0 Å². The third-order valence-corrected chi connectivity index (χ3v) is 6.42. The van der Waals surface area contributed by atoms with Gasteiger partial charge in [-0.2, -0.15) is 18.2 Å². The standard InChI is InChI=1S/C28H40O5.C5H5.Fe/c1-2-32-28(31)22-20-24-19-21-27(33-24)26(30)18-12-10-8-6-4-3-5-7-9-11-17-25(29)23-15-13-14-16-23;1-2-4-5-3-1;/h13-16,19,21,29H,2-12,17-18,20,22H2,1H3;1-5H;/q;-1;+2/p-1. The molecule has 0 N–H and O–H groups in total. The van der Waals surface area contributed by atoms with Gasteiger partial charge in [0, 0.05) is 12.8 Å². The van der Waals surface area contributed by atoms with Crippen LogP contribution in [0.15, 0.2) is 82.5 Å². The summed E-state index contributed by atoms with van der Waals surface area (Å²) in [6.07, 6.45) is 20.9. The SMILES string of the molecule is CCOC(=O)CCc1ccc(C(=O)CCCCCCCCCCCCC([O-])=C2C=CC=C2)o1.[Fe+2].c1cc[cH-]c1. The van der Waals surface area contributed by atoms with Gasteiger partial charge >= 0.3 is 23.0 Å². The summed E-state index contributed by atoms with van der Waals surface area (Å²) in [6, 6.07) is 13.5. The van der Waals surface area contributed by atoms with Crippen LogP contribution in [0.5, 0.6) is 0 Å². The van der Waals surface area contributed by atoms with Crippen LogP contribution in [0.1, 0.15) is 107 Å². The van der Waals surface area contributed by atoms with Crippen LogP contribution in [0.4, 0.5) is 0 Å². The Morgan fingerprint density at radius 1 is 0.821 bits per heavy atom. The first-order valence-corrected chi connectivity index (χ1v) is 14.3. The topological polar surface area (TPSA) is 79.6 Å². The Kier molecular flexibility index (Phi) is 19.5. The maximum Gasteiger partial charge on any atom is 2.00 e. The van der Waals surface area contributed by atoms with E-state index in [2.05, 4.69) is 0 Å².